The van der Waals surface area contributed by atoms with Crippen LogP contribution in [0.25, 0.3) is 5.69 Å². The molecule has 0 atom stereocenters. The van der Waals surface area contributed by atoms with Crippen LogP contribution in [0.5, 0.6) is 0 Å². The zero-order valence-electron chi connectivity index (χ0n) is 11.0. The van der Waals surface area contributed by atoms with Crippen molar-refractivity contribution in [2.24, 2.45) is 4.99 Å². The van der Waals surface area contributed by atoms with Crippen LogP contribution in [0, 0.1) is 5.82 Å². The summed E-state index contributed by atoms with van der Waals surface area (Å²) in [5, 5.41) is 0. The van der Waals surface area contributed by atoms with E-state index >= 15 is 0 Å². The molecular formula is C13H13FN4O2. The van der Waals surface area contributed by atoms with E-state index < -0.39 is 17.1 Å². The minimum Gasteiger partial charge on any atom is -0.369 e. The Kier molecular flexibility index (Phi) is 3.79. The van der Waals surface area contributed by atoms with Gasteiger partial charge in [0.05, 0.1) is 12.0 Å². The largest absolute Gasteiger partial charge is 0.369 e. The average molecular weight is 276 g/mol. The minimum atomic E-state index is -0.630. The fourth-order valence-electron chi connectivity index (χ4n) is 1.59. The van der Waals surface area contributed by atoms with Gasteiger partial charge in [0.25, 0.3) is 5.56 Å². The van der Waals surface area contributed by atoms with Crippen LogP contribution in [0.4, 0.5) is 10.2 Å². The lowest BCUT2D eigenvalue weighted by molar-refractivity contribution is 0.627. The number of nitrogens with zero attached hydrogens (tertiary/aromatic N) is 3. The van der Waals surface area contributed by atoms with Crippen molar-refractivity contribution in [3.63, 3.8) is 0 Å². The van der Waals surface area contributed by atoms with Gasteiger partial charge in [0.2, 0.25) is 0 Å². The Morgan fingerprint density at radius 3 is 2.50 bits per heavy atom. The fourth-order valence-corrected chi connectivity index (χ4v) is 1.59. The molecule has 6 nitrogen and oxygen atoms in total. The van der Waals surface area contributed by atoms with Crippen LogP contribution in [0.2, 0.25) is 0 Å². The van der Waals surface area contributed by atoms with Gasteiger partial charge in [-0.05, 0) is 24.3 Å². The lowest BCUT2D eigenvalue weighted by Gasteiger charge is -2.09. The molecule has 0 spiro atoms. The maximum atomic E-state index is 12.9. The number of aromatic amines is 1. The molecule has 0 saturated carbocycles. The summed E-state index contributed by atoms with van der Waals surface area (Å²) in [6.07, 6.45) is 1.47. The van der Waals surface area contributed by atoms with Gasteiger partial charge in [0, 0.05) is 20.2 Å². The summed E-state index contributed by atoms with van der Waals surface area (Å²) in [6.45, 7) is 0. The first kappa shape index (κ1) is 13.7. The first-order valence-corrected chi connectivity index (χ1v) is 5.80. The van der Waals surface area contributed by atoms with Gasteiger partial charge in [0.1, 0.15) is 11.6 Å². The molecule has 1 N–H and O–H groups in total. The topological polar surface area (TPSA) is 70.5 Å². The molecule has 20 heavy (non-hydrogen) atoms. The van der Waals surface area contributed by atoms with E-state index in [0.29, 0.717) is 5.69 Å². The fraction of sp³-hybridized carbons (Fsp3) is 0.154. The number of H-pyrrole nitrogens is 1. The highest BCUT2D eigenvalue weighted by atomic mass is 19.1. The van der Waals surface area contributed by atoms with Crippen molar-refractivity contribution >= 4 is 12.2 Å². The smallest absolute Gasteiger partial charge is 0.334 e. The summed E-state index contributed by atoms with van der Waals surface area (Å²) < 4.78 is 14.1. The highest BCUT2D eigenvalue weighted by Crippen LogP contribution is 2.14. The summed E-state index contributed by atoms with van der Waals surface area (Å²) in [6, 6.07) is 6.52. The van der Waals surface area contributed by atoms with Gasteiger partial charge >= 0.3 is 5.69 Å². The van der Waals surface area contributed by atoms with E-state index in [1.165, 1.54) is 41.2 Å². The van der Waals surface area contributed by atoms with Gasteiger partial charge in [-0.25, -0.2) is 18.7 Å². The molecule has 1 heterocycles. The number of hydrogen-bond donors (Lipinski definition) is 1. The third kappa shape index (κ3) is 3.00. The normalized spacial score (nSPS) is 10.9. The quantitative estimate of drug-likeness (QED) is 0.668. The minimum absolute atomic E-state index is 0.166. The number of rotatable bonds is 3. The first-order chi connectivity index (χ1) is 9.47. The van der Waals surface area contributed by atoms with Gasteiger partial charge < -0.3 is 4.90 Å². The second kappa shape index (κ2) is 5.52. The summed E-state index contributed by atoms with van der Waals surface area (Å²) in [4.78, 5) is 31.2. The Morgan fingerprint density at radius 2 is 1.90 bits per heavy atom. The summed E-state index contributed by atoms with van der Waals surface area (Å²) >= 11 is 0. The van der Waals surface area contributed by atoms with Crippen molar-refractivity contribution in [2.75, 3.05) is 14.1 Å². The number of nitrogens with one attached hydrogen (secondary N) is 1. The predicted molar refractivity (Wildman–Crippen MR) is 74.5 cm³/mol. The van der Waals surface area contributed by atoms with Crippen LogP contribution in [-0.2, 0) is 0 Å². The van der Waals surface area contributed by atoms with Crippen molar-refractivity contribution in [3.8, 4) is 5.69 Å². The summed E-state index contributed by atoms with van der Waals surface area (Å²) in [7, 11) is 3.52. The number of aromatic nitrogens is 2. The van der Waals surface area contributed by atoms with Gasteiger partial charge in [-0.3, -0.25) is 9.78 Å². The van der Waals surface area contributed by atoms with Crippen LogP contribution >= 0.6 is 0 Å². The molecule has 0 bridgehead atoms. The maximum Gasteiger partial charge on any atom is 0.334 e. The summed E-state index contributed by atoms with van der Waals surface area (Å²) in [5.74, 6) is -0.247. The standard InChI is InChI=1S/C13H13FN4O2/c1-17(2)8-15-11-7-12(19)16-13(20)18(11)10-5-3-9(14)4-6-10/h3-8H,1-2H3,(H,16,19,20). The third-order valence-corrected chi connectivity index (χ3v) is 2.43. The molecule has 1 aromatic carbocycles. The Labute approximate surface area is 113 Å². The van der Waals surface area contributed by atoms with Crippen LogP contribution in [0.3, 0.4) is 0 Å². The highest BCUT2D eigenvalue weighted by molar-refractivity contribution is 5.60. The lowest BCUT2D eigenvalue weighted by atomic mass is 10.3. The van der Waals surface area contributed by atoms with Crippen molar-refractivity contribution in [2.45, 2.75) is 0 Å². The number of benzene rings is 1. The van der Waals surface area contributed by atoms with E-state index in [4.69, 9.17) is 0 Å². The monoisotopic (exact) mass is 276 g/mol. The van der Waals surface area contributed by atoms with E-state index in [2.05, 4.69) is 9.98 Å². The molecule has 0 aliphatic carbocycles. The van der Waals surface area contributed by atoms with Gasteiger partial charge in [-0.15, -0.1) is 0 Å². The predicted octanol–water partition coefficient (Wildman–Crippen LogP) is 0.886. The van der Waals surface area contributed by atoms with E-state index in [0.717, 1.165) is 0 Å². The van der Waals surface area contributed by atoms with E-state index in [9.17, 15) is 14.0 Å². The van der Waals surface area contributed by atoms with Crippen molar-refractivity contribution in [1.82, 2.24) is 14.5 Å². The second-order valence-corrected chi connectivity index (χ2v) is 4.32. The average Bonchev–Trinajstić information content (AvgIpc) is 2.37. The van der Waals surface area contributed by atoms with E-state index in [-0.39, 0.29) is 5.82 Å². The maximum absolute atomic E-state index is 12.9. The van der Waals surface area contributed by atoms with Crippen LogP contribution in [0.1, 0.15) is 0 Å². The molecule has 104 valence electrons. The Balaban J connectivity index is 2.64. The number of halogens is 1. The molecular weight excluding hydrogens is 263 g/mol. The van der Waals surface area contributed by atoms with Crippen molar-refractivity contribution < 1.29 is 4.39 Å². The van der Waals surface area contributed by atoms with Crippen LogP contribution in [0.15, 0.2) is 44.9 Å². The second-order valence-electron chi connectivity index (χ2n) is 4.32. The van der Waals surface area contributed by atoms with E-state index in [1.807, 2.05) is 0 Å². The molecule has 0 fully saturated rings. The first-order valence-electron chi connectivity index (χ1n) is 5.80. The Hall–Kier alpha value is -2.70. The lowest BCUT2D eigenvalue weighted by Crippen LogP contribution is -2.28. The molecule has 0 amide bonds. The molecule has 1 aromatic heterocycles. The Bertz CT molecular complexity index is 744. The molecule has 2 rings (SSSR count). The third-order valence-electron chi connectivity index (χ3n) is 2.43. The van der Waals surface area contributed by atoms with Crippen LogP contribution in [-0.4, -0.2) is 34.9 Å². The molecule has 0 aliphatic rings. The SMILES string of the molecule is CN(C)C=Nc1cc(=O)[nH]c(=O)n1-c1ccc(F)cc1. The number of hydrogen-bond acceptors (Lipinski definition) is 3. The Morgan fingerprint density at radius 1 is 1.25 bits per heavy atom. The molecule has 2 aromatic rings. The molecule has 0 saturated heterocycles. The van der Waals surface area contributed by atoms with Crippen molar-refractivity contribution in [3.05, 3.63) is 57.0 Å². The zero-order valence-corrected chi connectivity index (χ0v) is 11.0. The highest BCUT2D eigenvalue weighted by Gasteiger charge is 2.07. The van der Waals surface area contributed by atoms with E-state index in [1.54, 1.807) is 19.0 Å². The molecule has 7 heteroatoms. The van der Waals surface area contributed by atoms with Gasteiger partial charge in [0.15, 0.2) is 0 Å². The van der Waals surface area contributed by atoms with Crippen LogP contribution < -0.4 is 11.2 Å². The van der Waals surface area contributed by atoms with Gasteiger partial charge in [-0.1, -0.05) is 0 Å². The molecule has 0 unspecified atom stereocenters. The zero-order chi connectivity index (χ0) is 14.7. The van der Waals surface area contributed by atoms with Crippen molar-refractivity contribution in [1.29, 1.82) is 0 Å². The summed E-state index contributed by atoms with van der Waals surface area (Å²) in [5.41, 5.74) is -0.757. The molecule has 0 radical (unpaired) electrons. The number of aliphatic imine (C=N–C) groups is 1. The molecule has 0 aliphatic heterocycles. The van der Waals surface area contributed by atoms with Gasteiger partial charge in [-0.2, -0.15) is 0 Å².